The number of allylic oxidation sites excluding steroid dienone is 5. The van der Waals surface area contributed by atoms with Gasteiger partial charge in [0.05, 0.1) is 5.70 Å². The Balaban J connectivity index is 2.94. The van der Waals surface area contributed by atoms with Crippen molar-refractivity contribution in [2.75, 3.05) is 0 Å². The predicted molar refractivity (Wildman–Crippen MR) is 57.8 cm³/mol. The van der Waals surface area contributed by atoms with Gasteiger partial charge in [-0.25, -0.2) is 4.99 Å². The van der Waals surface area contributed by atoms with Crippen LogP contribution < -0.4 is 0 Å². The quantitative estimate of drug-likeness (QED) is 0.610. The van der Waals surface area contributed by atoms with Gasteiger partial charge in [0.1, 0.15) is 0 Å². The van der Waals surface area contributed by atoms with Crippen LogP contribution in [0.3, 0.4) is 0 Å². The van der Waals surface area contributed by atoms with Gasteiger partial charge in [-0.2, -0.15) is 0 Å². The molecule has 0 amide bonds. The van der Waals surface area contributed by atoms with Gasteiger partial charge < -0.3 is 0 Å². The molecule has 1 rings (SSSR count). The zero-order chi connectivity index (χ0) is 9.84. The molecule has 0 aromatic heterocycles. The fraction of sp³-hybridized carbons (Fsp3) is 0.500. The summed E-state index contributed by atoms with van der Waals surface area (Å²) >= 11 is 0. The Hall–Kier alpha value is -1.07. The maximum absolute atomic E-state index is 4.26. The molecule has 13 heavy (non-hydrogen) atoms. The van der Waals surface area contributed by atoms with Crippen molar-refractivity contribution in [2.45, 2.75) is 27.7 Å². The lowest BCUT2D eigenvalue weighted by molar-refractivity contribution is 0.759. The second-order valence-corrected chi connectivity index (χ2v) is 3.95. The highest BCUT2D eigenvalue weighted by Gasteiger charge is 2.03. The van der Waals surface area contributed by atoms with E-state index >= 15 is 0 Å². The Morgan fingerprint density at radius 3 is 2.31 bits per heavy atom. The zero-order valence-electron chi connectivity index (χ0n) is 8.83. The van der Waals surface area contributed by atoms with Crippen LogP contribution >= 0.6 is 0 Å². The van der Waals surface area contributed by atoms with Gasteiger partial charge in [0, 0.05) is 6.08 Å². The molecule has 0 N–H and O–H groups in total. The van der Waals surface area contributed by atoms with Crippen LogP contribution in [-0.4, -0.2) is 5.87 Å². The lowest BCUT2D eigenvalue weighted by Gasteiger charge is -2.03. The van der Waals surface area contributed by atoms with Gasteiger partial charge in [-0.3, -0.25) is 0 Å². The van der Waals surface area contributed by atoms with E-state index in [1.807, 2.05) is 6.08 Å². The van der Waals surface area contributed by atoms with Crippen molar-refractivity contribution in [3.63, 3.8) is 0 Å². The largest absolute Gasteiger partial charge is 0.210 e. The summed E-state index contributed by atoms with van der Waals surface area (Å²) in [6, 6.07) is 0. The van der Waals surface area contributed by atoms with Crippen molar-refractivity contribution in [2.24, 2.45) is 16.8 Å². The first kappa shape index (κ1) is 10.0. The van der Waals surface area contributed by atoms with E-state index in [9.17, 15) is 0 Å². The highest BCUT2D eigenvalue weighted by atomic mass is 14.7. The molecule has 0 aromatic carbocycles. The van der Waals surface area contributed by atoms with Crippen LogP contribution in [-0.2, 0) is 0 Å². The maximum atomic E-state index is 4.26. The molecule has 0 aliphatic carbocycles. The van der Waals surface area contributed by atoms with Crippen LogP contribution in [0.2, 0.25) is 0 Å². The van der Waals surface area contributed by atoms with Gasteiger partial charge in [0.25, 0.3) is 0 Å². The smallest absolute Gasteiger partial charge is 0.0529 e. The minimum Gasteiger partial charge on any atom is -0.210 e. The average Bonchev–Trinajstić information content (AvgIpc) is 2.27. The highest BCUT2D eigenvalue weighted by Crippen LogP contribution is 2.16. The lowest BCUT2D eigenvalue weighted by atomic mass is 10.0. The first-order chi connectivity index (χ1) is 6.11. The minimum atomic E-state index is 0.476. The molecule has 1 nitrogen and oxygen atoms in total. The first-order valence-electron chi connectivity index (χ1n) is 4.82. The summed E-state index contributed by atoms with van der Waals surface area (Å²) in [7, 11) is 0. The molecule has 1 heteroatoms. The van der Waals surface area contributed by atoms with Gasteiger partial charge in [-0.15, -0.1) is 0 Å². The second kappa shape index (κ2) is 4.25. The topological polar surface area (TPSA) is 12.4 Å². The minimum absolute atomic E-state index is 0.476. The summed E-state index contributed by atoms with van der Waals surface area (Å²) in [6.07, 6.45) is 6.20. The van der Waals surface area contributed by atoms with Gasteiger partial charge in [-0.1, -0.05) is 33.8 Å². The molecule has 0 radical (unpaired) electrons. The number of hydrogen-bond donors (Lipinski definition) is 0. The van der Waals surface area contributed by atoms with Gasteiger partial charge >= 0.3 is 0 Å². The monoisotopic (exact) mass is 175 g/mol. The summed E-state index contributed by atoms with van der Waals surface area (Å²) in [5, 5.41) is 0. The van der Waals surface area contributed by atoms with E-state index < -0.39 is 0 Å². The summed E-state index contributed by atoms with van der Waals surface area (Å²) in [4.78, 5) is 4.26. The zero-order valence-corrected chi connectivity index (χ0v) is 8.83. The molecule has 70 valence electrons. The number of aliphatic imine (C=N–C) groups is 1. The highest BCUT2D eigenvalue weighted by molar-refractivity contribution is 5.61. The molecular weight excluding hydrogens is 158 g/mol. The molecule has 0 atom stereocenters. The number of hydrogen-bond acceptors (Lipinski definition) is 1. The Morgan fingerprint density at radius 1 is 1.08 bits per heavy atom. The summed E-state index contributed by atoms with van der Waals surface area (Å²) < 4.78 is 0. The van der Waals surface area contributed by atoms with Gasteiger partial charge in [-0.05, 0) is 29.4 Å². The van der Waals surface area contributed by atoms with E-state index in [-0.39, 0.29) is 0 Å². The van der Waals surface area contributed by atoms with Gasteiger partial charge in [0.2, 0.25) is 0 Å². The third-order valence-corrected chi connectivity index (χ3v) is 2.13. The van der Waals surface area contributed by atoms with E-state index in [2.05, 4.69) is 50.7 Å². The van der Waals surface area contributed by atoms with Crippen LogP contribution in [0.15, 0.2) is 34.5 Å². The predicted octanol–water partition coefficient (Wildman–Crippen LogP) is 3.35. The Labute approximate surface area is 80.6 Å². The Kier molecular flexibility index (Phi) is 3.27. The van der Waals surface area contributed by atoms with Crippen molar-refractivity contribution in [3.05, 3.63) is 29.5 Å². The fourth-order valence-corrected chi connectivity index (χ4v) is 1.13. The Bertz CT molecular complexity index is 269. The third-order valence-electron chi connectivity index (χ3n) is 2.13. The SMILES string of the molecule is CC(C)C1=CC=C(C(C)C)N=C=C1. The van der Waals surface area contributed by atoms with E-state index in [4.69, 9.17) is 0 Å². The molecule has 1 aliphatic rings. The van der Waals surface area contributed by atoms with Crippen molar-refractivity contribution >= 4 is 5.87 Å². The number of nitrogens with zero attached hydrogens (tertiary/aromatic N) is 1. The molecule has 1 heterocycles. The molecule has 0 spiro atoms. The normalized spacial score (nSPS) is 16.2. The van der Waals surface area contributed by atoms with Crippen molar-refractivity contribution in [3.8, 4) is 0 Å². The van der Waals surface area contributed by atoms with E-state index in [1.165, 1.54) is 5.57 Å². The molecule has 1 aliphatic heterocycles. The van der Waals surface area contributed by atoms with Gasteiger partial charge in [0.15, 0.2) is 0 Å². The van der Waals surface area contributed by atoms with Crippen LogP contribution in [0, 0.1) is 11.8 Å². The summed E-state index contributed by atoms with van der Waals surface area (Å²) in [5.74, 6) is 4.00. The molecular formula is C12H17N. The van der Waals surface area contributed by atoms with Crippen molar-refractivity contribution < 1.29 is 0 Å². The molecule has 0 unspecified atom stereocenters. The standard InChI is InChI=1S/C12H17N/c1-9(2)11-5-6-12(10(3)4)13-8-7-11/h5-7,9-10H,1-4H3. The van der Waals surface area contributed by atoms with E-state index in [0.717, 1.165) is 5.70 Å². The number of rotatable bonds is 2. The van der Waals surface area contributed by atoms with Crippen LogP contribution in [0.5, 0.6) is 0 Å². The van der Waals surface area contributed by atoms with Crippen LogP contribution in [0.4, 0.5) is 0 Å². The molecule has 0 fully saturated rings. The maximum Gasteiger partial charge on any atom is 0.0529 e. The van der Waals surface area contributed by atoms with Crippen LogP contribution in [0.25, 0.3) is 0 Å². The average molecular weight is 175 g/mol. The lowest BCUT2D eigenvalue weighted by Crippen LogP contribution is -1.90. The van der Waals surface area contributed by atoms with Crippen molar-refractivity contribution in [1.82, 2.24) is 0 Å². The summed E-state index contributed by atoms with van der Waals surface area (Å²) in [6.45, 7) is 8.65. The van der Waals surface area contributed by atoms with Crippen LogP contribution in [0.1, 0.15) is 27.7 Å². The van der Waals surface area contributed by atoms with Crippen molar-refractivity contribution in [1.29, 1.82) is 0 Å². The van der Waals surface area contributed by atoms with E-state index in [0.29, 0.717) is 11.8 Å². The third kappa shape index (κ3) is 2.71. The summed E-state index contributed by atoms with van der Waals surface area (Å²) in [5.41, 5.74) is 2.39. The molecule has 0 saturated heterocycles. The first-order valence-corrected chi connectivity index (χ1v) is 4.82. The fourth-order valence-electron chi connectivity index (χ4n) is 1.13. The van der Waals surface area contributed by atoms with E-state index in [1.54, 1.807) is 0 Å². The second-order valence-electron chi connectivity index (χ2n) is 3.95. The molecule has 0 aromatic rings. The molecule has 0 bridgehead atoms. The molecule has 0 saturated carbocycles. The Morgan fingerprint density at radius 2 is 1.77 bits per heavy atom.